The molecule has 0 radical (unpaired) electrons. The lowest BCUT2D eigenvalue weighted by Crippen LogP contribution is -2.62. The zero-order valence-corrected chi connectivity index (χ0v) is 19.3. The highest BCUT2D eigenvalue weighted by atomic mass is 16.3. The van der Waals surface area contributed by atoms with E-state index in [9.17, 15) is 15.3 Å². The SMILES string of the molecule is CC[C@@H]1[C@@H](O)C2C3CC[C@H]([C@H](C)CCCO)[C@@]3(C)CCC2[C@@]2(C)CC[C@@H](O)C[C@@H]12. The predicted molar refractivity (Wildman–Crippen MR) is 117 cm³/mol. The molecule has 4 saturated carbocycles. The average molecular weight is 407 g/mol. The molecule has 0 aliphatic heterocycles. The van der Waals surface area contributed by atoms with E-state index in [1.54, 1.807) is 0 Å². The van der Waals surface area contributed by atoms with Crippen LogP contribution in [-0.4, -0.2) is 34.1 Å². The minimum atomic E-state index is -0.190. The van der Waals surface area contributed by atoms with Gasteiger partial charge in [0, 0.05) is 6.61 Å². The summed E-state index contributed by atoms with van der Waals surface area (Å²) in [5, 5.41) is 31.4. The fraction of sp³-hybridized carbons (Fsp3) is 1.00. The monoisotopic (exact) mass is 406 g/mol. The molecule has 0 bridgehead atoms. The summed E-state index contributed by atoms with van der Waals surface area (Å²) in [6.45, 7) is 10.0. The molecular weight excluding hydrogens is 360 g/mol. The molecule has 0 aromatic rings. The number of aliphatic hydroxyl groups is 3. The normalized spacial score (nSPS) is 53.1. The maximum atomic E-state index is 11.7. The summed E-state index contributed by atoms with van der Waals surface area (Å²) in [7, 11) is 0. The summed E-state index contributed by atoms with van der Waals surface area (Å²) in [4.78, 5) is 0. The Hall–Kier alpha value is -0.120. The third-order valence-corrected chi connectivity index (χ3v) is 11.0. The third kappa shape index (κ3) is 3.33. The summed E-state index contributed by atoms with van der Waals surface area (Å²) in [6, 6.07) is 0. The van der Waals surface area contributed by atoms with Crippen molar-refractivity contribution >= 4 is 0 Å². The first-order chi connectivity index (χ1) is 13.8. The summed E-state index contributed by atoms with van der Waals surface area (Å²) in [5.74, 6) is 3.97. The molecule has 4 aliphatic carbocycles. The van der Waals surface area contributed by atoms with E-state index in [1.807, 2.05) is 0 Å². The Morgan fingerprint density at radius 1 is 0.931 bits per heavy atom. The Kier molecular flexibility index (Phi) is 6.17. The fourth-order valence-corrected chi connectivity index (χ4v) is 9.55. The van der Waals surface area contributed by atoms with Crippen molar-refractivity contribution in [1.29, 1.82) is 0 Å². The van der Waals surface area contributed by atoms with E-state index in [2.05, 4.69) is 27.7 Å². The first-order valence-electron chi connectivity index (χ1n) is 12.7. The molecule has 0 saturated heterocycles. The second-order valence-corrected chi connectivity index (χ2v) is 12.0. The Bertz CT molecular complexity index is 578. The number of hydrogen-bond acceptors (Lipinski definition) is 3. The van der Waals surface area contributed by atoms with E-state index in [0.29, 0.717) is 52.9 Å². The molecule has 168 valence electrons. The van der Waals surface area contributed by atoms with Crippen molar-refractivity contribution < 1.29 is 15.3 Å². The fourth-order valence-electron chi connectivity index (χ4n) is 9.55. The van der Waals surface area contributed by atoms with Crippen molar-refractivity contribution in [2.45, 2.75) is 104 Å². The first kappa shape index (κ1) is 22.1. The third-order valence-electron chi connectivity index (χ3n) is 11.0. The zero-order chi connectivity index (χ0) is 21.0. The molecule has 0 aromatic heterocycles. The number of aliphatic hydroxyl groups excluding tert-OH is 3. The van der Waals surface area contributed by atoms with Crippen LogP contribution in [0.1, 0.15) is 91.9 Å². The van der Waals surface area contributed by atoms with Gasteiger partial charge in [0.2, 0.25) is 0 Å². The van der Waals surface area contributed by atoms with Crippen molar-refractivity contribution in [2.24, 2.45) is 52.3 Å². The topological polar surface area (TPSA) is 60.7 Å². The molecule has 0 heterocycles. The Morgan fingerprint density at radius 3 is 2.31 bits per heavy atom. The molecule has 0 amide bonds. The maximum Gasteiger partial charge on any atom is 0.0605 e. The van der Waals surface area contributed by atoms with Crippen LogP contribution in [0.15, 0.2) is 0 Å². The molecule has 3 heteroatoms. The Labute approximate surface area is 178 Å². The Morgan fingerprint density at radius 2 is 1.62 bits per heavy atom. The van der Waals surface area contributed by atoms with Gasteiger partial charge in [0.25, 0.3) is 0 Å². The smallest absolute Gasteiger partial charge is 0.0605 e. The molecule has 3 N–H and O–H groups in total. The van der Waals surface area contributed by atoms with Gasteiger partial charge >= 0.3 is 0 Å². The van der Waals surface area contributed by atoms with Gasteiger partial charge in [-0.2, -0.15) is 0 Å². The van der Waals surface area contributed by atoms with Crippen molar-refractivity contribution in [3.63, 3.8) is 0 Å². The Balaban J connectivity index is 1.63. The van der Waals surface area contributed by atoms with E-state index in [-0.39, 0.29) is 12.2 Å². The second-order valence-electron chi connectivity index (χ2n) is 12.0. The standard InChI is InChI=1S/C26H46O3/c1-5-18-22-15-17(28)10-12-26(22,4)21-11-13-25(3)19(16(2)7-6-14-27)8-9-20(25)23(21)24(18)29/h16-24,27-29H,5-15H2,1-4H3/t16-,17-,18+,19-,20?,21?,22+,23?,24-,25-,26-/m1/s1. The zero-order valence-electron chi connectivity index (χ0n) is 19.3. The molecular formula is C26H46O3. The van der Waals surface area contributed by atoms with Gasteiger partial charge in [-0.3, -0.25) is 0 Å². The van der Waals surface area contributed by atoms with Crippen LogP contribution in [0.25, 0.3) is 0 Å². The summed E-state index contributed by atoms with van der Waals surface area (Å²) in [5.41, 5.74) is 0.651. The molecule has 4 aliphatic rings. The van der Waals surface area contributed by atoms with Crippen LogP contribution in [0.2, 0.25) is 0 Å². The molecule has 3 nitrogen and oxygen atoms in total. The van der Waals surface area contributed by atoms with Gasteiger partial charge in [0.15, 0.2) is 0 Å². The van der Waals surface area contributed by atoms with Crippen molar-refractivity contribution in [2.75, 3.05) is 6.61 Å². The quantitative estimate of drug-likeness (QED) is 0.601. The van der Waals surface area contributed by atoms with E-state index in [0.717, 1.165) is 44.4 Å². The molecule has 3 unspecified atom stereocenters. The van der Waals surface area contributed by atoms with E-state index in [4.69, 9.17) is 0 Å². The summed E-state index contributed by atoms with van der Waals surface area (Å²) < 4.78 is 0. The number of fused-ring (bicyclic) bond motifs is 5. The largest absolute Gasteiger partial charge is 0.396 e. The van der Waals surface area contributed by atoms with Crippen LogP contribution >= 0.6 is 0 Å². The lowest BCUT2D eigenvalue weighted by Gasteiger charge is -2.64. The molecule has 11 atom stereocenters. The minimum Gasteiger partial charge on any atom is -0.396 e. The van der Waals surface area contributed by atoms with Gasteiger partial charge in [-0.1, -0.05) is 34.1 Å². The van der Waals surface area contributed by atoms with Gasteiger partial charge in [0.05, 0.1) is 12.2 Å². The molecule has 0 aromatic carbocycles. The second kappa shape index (κ2) is 8.10. The highest BCUT2D eigenvalue weighted by Gasteiger charge is 2.64. The van der Waals surface area contributed by atoms with E-state index < -0.39 is 0 Å². The molecule has 0 spiro atoms. The highest BCUT2D eigenvalue weighted by Crippen LogP contribution is 2.69. The van der Waals surface area contributed by atoms with Crippen LogP contribution in [0.5, 0.6) is 0 Å². The summed E-state index contributed by atoms with van der Waals surface area (Å²) in [6.07, 6.45) is 10.9. The van der Waals surface area contributed by atoms with Crippen LogP contribution in [0.3, 0.4) is 0 Å². The average Bonchev–Trinajstić information content (AvgIpc) is 3.05. The van der Waals surface area contributed by atoms with Crippen LogP contribution in [0, 0.1) is 52.3 Å². The van der Waals surface area contributed by atoms with E-state index >= 15 is 0 Å². The van der Waals surface area contributed by atoms with Crippen LogP contribution < -0.4 is 0 Å². The predicted octanol–water partition coefficient (Wildman–Crippen LogP) is 5.02. The highest BCUT2D eigenvalue weighted by molar-refractivity contribution is 5.13. The molecule has 4 fully saturated rings. The van der Waals surface area contributed by atoms with Gasteiger partial charge < -0.3 is 15.3 Å². The van der Waals surface area contributed by atoms with Gasteiger partial charge in [0.1, 0.15) is 0 Å². The van der Waals surface area contributed by atoms with Gasteiger partial charge in [-0.05, 0) is 110 Å². The van der Waals surface area contributed by atoms with Gasteiger partial charge in [-0.25, -0.2) is 0 Å². The molecule has 4 rings (SSSR count). The lowest BCUT2D eigenvalue weighted by molar-refractivity contribution is -0.203. The van der Waals surface area contributed by atoms with E-state index in [1.165, 1.54) is 25.7 Å². The van der Waals surface area contributed by atoms with Crippen molar-refractivity contribution in [3.05, 3.63) is 0 Å². The minimum absolute atomic E-state index is 0.164. The van der Waals surface area contributed by atoms with Crippen LogP contribution in [-0.2, 0) is 0 Å². The van der Waals surface area contributed by atoms with Crippen LogP contribution in [0.4, 0.5) is 0 Å². The first-order valence-corrected chi connectivity index (χ1v) is 12.7. The molecule has 29 heavy (non-hydrogen) atoms. The van der Waals surface area contributed by atoms with Gasteiger partial charge in [-0.15, -0.1) is 0 Å². The van der Waals surface area contributed by atoms with Crippen molar-refractivity contribution in [1.82, 2.24) is 0 Å². The number of hydrogen-bond donors (Lipinski definition) is 3. The number of rotatable bonds is 5. The van der Waals surface area contributed by atoms with Crippen molar-refractivity contribution in [3.8, 4) is 0 Å². The lowest BCUT2D eigenvalue weighted by atomic mass is 9.41. The maximum absolute atomic E-state index is 11.7. The summed E-state index contributed by atoms with van der Waals surface area (Å²) >= 11 is 0.